The summed E-state index contributed by atoms with van der Waals surface area (Å²) in [5, 5.41) is 16.5. The highest BCUT2D eigenvalue weighted by Gasteiger charge is 2.25. The molecule has 2 aromatic rings. The number of primary amides is 1. The van der Waals surface area contributed by atoms with Gasteiger partial charge in [-0.15, -0.1) is 11.3 Å². The number of hydrogen-bond acceptors (Lipinski definition) is 6. The third kappa shape index (κ3) is 3.55. The number of carbonyl (C=O) groups excluding carboxylic acids is 2. The molecular formula is C16H14N4O4S2. The number of carbonyl (C=O) groups is 2. The Labute approximate surface area is 157 Å². The standard InChI is InChI=1S/C16H14N4O4S2/c17-13(21)12-10-2-1-3-11(10)26-15(12)19-16(25)18-14(22)8-4-6-9(7-5-8)20(23)24/h4-7H,1-3H2,(H2,17,21)(H2,18,19,22,25). The minimum absolute atomic E-state index is 0.0239. The molecule has 3 rings (SSSR count). The first-order chi connectivity index (χ1) is 12.4. The van der Waals surface area contributed by atoms with Crippen LogP contribution in [0.25, 0.3) is 0 Å². The highest BCUT2D eigenvalue weighted by atomic mass is 32.1. The van der Waals surface area contributed by atoms with Crippen LogP contribution in [0.15, 0.2) is 24.3 Å². The van der Waals surface area contributed by atoms with E-state index in [1.165, 1.54) is 35.6 Å². The lowest BCUT2D eigenvalue weighted by Crippen LogP contribution is -2.34. The summed E-state index contributed by atoms with van der Waals surface area (Å²) in [6, 6.07) is 5.15. The van der Waals surface area contributed by atoms with Gasteiger partial charge >= 0.3 is 0 Å². The Balaban J connectivity index is 1.70. The van der Waals surface area contributed by atoms with Crippen molar-refractivity contribution in [3.8, 4) is 0 Å². The van der Waals surface area contributed by atoms with Gasteiger partial charge in [0, 0.05) is 22.6 Å². The highest BCUT2D eigenvalue weighted by Crippen LogP contribution is 2.38. The Morgan fingerprint density at radius 2 is 1.92 bits per heavy atom. The van der Waals surface area contributed by atoms with Gasteiger partial charge in [-0.05, 0) is 49.2 Å². The maximum Gasteiger partial charge on any atom is 0.269 e. The number of non-ortho nitro benzene ring substituents is 1. The molecule has 1 aromatic heterocycles. The molecule has 0 saturated carbocycles. The Morgan fingerprint density at radius 1 is 1.23 bits per heavy atom. The molecule has 2 amide bonds. The van der Waals surface area contributed by atoms with E-state index in [1.807, 2.05) is 0 Å². The quantitative estimate of drug-likeness (QED) is 0.418. The average molecular weight is 390 g/mol. The summed E-state index contributed by atoms with van der Waals surface area (Å²) in [7, 11) is 0. The van der Waals surface area contributed by atoms with Gasteiger partial charge in [-0.3, -0.25) is 25.0 Å². The molecule has 0 spiro atoms. The van der Waals surface area contributed by atoms with E-state index in [9.17, 15) is 19.7 Å². The van der Waals surface area contributed by atoms with Crippen LogP contribution in [0.1, 0.15) is 37.6 Å². The number of nitrogens with zero attached hydrogens (tertiary/aromatic N) is 1. The van der Waals surface area contributed by atoms with Crippen molar-refractivity contribution in [1.82, 2.24) is 5.32 Å². The van der Waals surface area contributed by atoms with Crippen LogP contribution in [-0.2, 0) is 12.8 Å². The fraction of sp³-hybridized carbons (Fsp3) is 0.188. The first-order valence-electron chi connectivity index (χ1n) is 7.68. The molecule has 26 heavy (non-hydrogen) atoms. The number of nitro benzene ring substituents is 1. The largest absolute Gasteiger partial charge is 0.365 e. The van der Waals surface area contributed by atoms with Crippen LogP contribution in [0, 0.1) is 10.1 Å². The molecule has 0 fully saturated rings. The van der Waals surface area contributed by atoms with Crippen LogP contribution < -0.4 is 16.4 Å². The first kappa shape index (κ1) is 18.0. The number of benzene rings is 1. The number of nitrogens with two attached hydrogens (primary N) is 1. The number of thiocarbonyl (C=S) groups is 1. The van der Waals surface area contributed by atoms with E-state index in [0.717, 1.165) is 29.7 Å². The van der Waals surface area contributed by atoms with E-state index in [2.05, 4.69) is 10.6 Å². The van der Waals surface area contributed by atoms with Crippen molar-refractivity contribution in [2.75, 3.05) is 5.32 Å². The monoisotopic (exact) mass is 390 g/mol. The van der Waals surface area contributed by atoms with Crippen molar-refractivity contribution < 1.29 is 14.5 Å². The molecule has 10 heteroatoms. The molecule has 1 aliphatic rings. The van der Waals surface area contributed by atoms with Crippen molar-refractivity contribution in [3.05, 3.63) is 55.9 Å². The van der Waals surface area contributed by atoms with Gasteiger partial charge in [-0.25, -0.2) is 0 Å². The minimum Gasteiger partial charge on any atom is -0.365 e. The zero-order valence-electron chi connectivity index (χ0n) is 13.4. The summed E-state index contributed by atoms with van der Waals surface area (Å²) in [6.07, 6.45) is 2.68. The second-order valence-electron chi connectivity index (χ2n) is 5.64. The van der Waals surface area contributed by atoms with Crippen LogP contribution in [0.4, 0.5) is 10.7 Å². The van der Waals surface area contributed by atoms with Crippen molar-refractivity contribution in [1.29, 1.82) is 0 Å². The zero-order chi connectivity index (χ0) is 18.8. The predicted octanol–water partition coefficient (Wildman–Crippen LogP) is 2.37. The summed E-state index contributed by atoms with van der Waals surface area (Å²) in [6.45, 7) is 0. The van der Waals surface area contributed by atoms with Crippen LogP contribution in [0.3, 0.4) is 0 Å². The summed E-state index contributed by atoms with van der Waals surface area (Å²) in [5.41, 5.74) is 6.98. The summed E-state index contributed by atoms with van der Waals surface area (Å²) in [5.74, 6) is -1.04. The lowest BCUT2D eigenvalue weighted by Gasteiger charge is -2.10. The van der Waals surface area contributed by atoms with Gasteiger partial charge in [0.2, 0.25) is 0 Å². The molecule has 0 unspecified atom stereocenters. The van der Waals surface area contributed by atoms with Crippen molar-refractivity contribution in [2.45, 2.75) is 19.3 Å². The normalized spacial score (nSPS) is 12.3. The minimum atomic E-state index is -0.546. The number of amides is 2. The number of nitro groups is 1. The van der Waals surface area contributed by atoms with E-state index in [4.69, 9.17) is 18.0 Å². The maximum atomic E-state index is 12.2. The molecule has 0 saturated heterocycles. The third-order valence-electron chi connectivity index (χ3n) is 3.96. The van der Waals surface area contributed by atoms with Crippen LogP contribution in [0.2, 0.25) is 0 Å². The van der Waals surface area contributed by atoms with Gasteiger partial charge in [-0.2, -0.15) is 0 Å². The lowest BCUT2D eigenvalue weighted by molar-refractivity contribution is -0.384. The number of rotatable bonds is 4. The molecule has 1 aliphatic carbocycles. The average Bonchev–Trinajstić information content (AvgIpc) is 3.14. The van der Waals surface area contributed by atoms with Gasteiger partial charge in [0.15, 0.2) is 5.11 Å². The van der Waals surface area contributed by atoms with Crippen molar-refractivity contribution >= 4 is 51.2 Å². The second-order valence-corrected chi connectivity index (χ2v) is 7.15. The van der Waals surface area contributed by atoms with E-state index in [0.29, 0.717) is 10.6 Å². The van der Waals surface area contributed by atoms with E-state index >= 15 is 0 Å². The topological polar surface area (TPSA) is 127 Å². The summed E-state index contributed by atoms with van der Waals surface area (Å²) in [4.78, 5) is 35.1. The molecule has 1 heterocycles. The summed E-state index contributed by atoms with van der Waals surface area (Å²) < 4.78 is 0. The van der Waals surface area contributed by atoms with E-state index < -0.39 is 16.7 Å². The molecule has 0 atom stereocenters. The lowest BCUT2D eigenvalue weighted by atomic mass is 10.1. The molecule has 4 N–H and O–H groups in total. The third-order valence-corrected chi connectivity index (χ3v) is 5.37. The van der Waals surface area contributed by atoms with Gasteiger partial charge in [0.25, 0.3) is 17.5 Å². The number of anilines is 1. The van der Waals surface area contributed by atoms with Gasteiger partial charge in [0.1, 0.15) is 5.00 Å². The fourth-order valence-corrected chi connectivity index (χ4v) is 4.36. The van der Waals surface area contributed by atoms with Crippen LogP contribution in [0.5, 0.6) is 0 Å². The Bertz CT molecular complexity index is 921. The smallest absolute Gasteiger partial charge is 0.269 e. The number of aryl methyl sites for hydroxylation is 1. The predicted molar refractivity (Wildman–Crippen MR) is 102 cm³/mol. The number of fused-ring (bicyclic) bond motifs is 1. The number of nitrogens with one attached hydrogen (secondary N) is 2. The molecule has 134 valence electrons. The zero-order valence-corrected chi connectivity index (χ0v) is 15.0. The molecule has 1 aromatic carbocycles. The van der Waals surface area contributed by atoms with Crippen molar-refractivity contribution in [2.24, 2.45) is 5.73 Å². The SMILES string of the molecule is NC(=O)c1c(NC(=S)NC(=O)c2ccc([N+](=O)[O-])cc2)sc2c1CCC2. The van der Waals surface area contributed by atoms with Crippen LogP contribution in [-0.4, -0.2) is 21.9 Å². The van der Waals surface area contributed by atoms with E-state index in [1.54, 1.807) is 0 Å². The second kappa shape index (κ2) is 7.18. The fourth-order valence-electron chi connectivity index (χ4n) is 2.80. The van der Waals surface area contributed by atoms with Gasteiger partial charge in [-0.1, -0.05) is 0 Å². The van der Waals surface area contributed by atoms with Gasteiger partial charge in [0.05, 0.1) is 10.5 Å². The molecule has 0 aliphatic heterocycles. The number of thiophene rings is 1. The van der Waals surface area contributed by atoms with E-state index in [-0.39, 0.29) is 16.4 Å². The highest BCUT2D eigenvalue weighted by molar-refractivity contribution is 7.80. The first-order valence-corrected chi connectivity index (χ1v) is 8.90. The Morgan fingerprint density at radius 3 is 2.54 bits per heavy atom. The van der Waals surface area contributed by atoms with Crippen LogP contribution >= 0.6 is 23.6 Å². The maximum absolute atomic E-state index is 12.2. The molecule has 8 nitrogen and oxygen atoms in total. The molecule has 0 bridgehead atoms. The van der Waals surface area contributed by atoms with Gasteiger partial charge < -0.3 is 11.1 Å². The summed E-state index contributed by atoms with van der Waals surface area (Å²) >= 11 is 6.54. The Hall–Kier alpha value is -2.85. The van der Waals surface area contributed by atoms with Crippen molar-refractivity contribution in [3.63, 3.8) is 0 Å². The number of hydrogen-bond donors (Lipinski definition) is 3. The molecular weight excluding hydrogens is 376 g/mol. The Kier molecular flexibility index (Phi) is 4.96. The molecule has 0 radical (unpaired) electrons.